The van der Waals surface area contributed by atoms with Gasteiger partial charge in [0, 0.05) is 23.9 Å². The van der Waals surface area contributed by atoms with Gasteiger partial charge in [-0.1, -0.05) is 36.4 Å². The van der Waals surface area contributed by atoms with Crippen LogP contribution >= 0.6 is 0 Å². The van der Waals surface area contributed by atoms with Crippen LogP contribution in [0.2, 0.25) is 0 Å². The van der Waals surface area contributed by atoms with Crippen molar-refractivity contribution in [1.82, 2.24) is 4.98 Å². The van der Waals surface area contributed by atoms with Gasteiger partial charge in [-0.2, -0.15) is 5.26 Å². The smallest absolute Gasteiger partial charge is 0.128 e. The Morgan fingerprint density at radius 3 is 2.44 bits per heavy atom. The average Bonchev–Trinajstić information content (AvgIpc) is 2.72. The van der Waals surface area contributed by atoms with E-state index in [1.807, 2.05) is 6.07 Å². The normalized spacial score (nSPS) is 11.0. The van der Waals surface area contributed by atoms with Crippen LogP contribution in [-0.2, 0) is 6.54 Å². The van der Waals surface area contributed by atoms with Crippen molar-refractivity contribution in [3.05, 3.63) is 101 Å². The molecule has 1 N–H and O–H groups in total. The van der Waals surface area contributed by atoms with Crippen LogP contribution in [0.25, 0.3) is 0 Å². The molecule has 0 fully saturated rings. The predicted molar refractivity (Wildman–Crippen MR) is 103 cm³/mol. The molecule has 5 heteroatoms. The summed E-state index contributed by atoms with van der Waals surface area (Å²) < 4.78 is 13.9. The van der Waals surface area contributed by atoms with Crippen LogP contribution in [0.1, 0.15) is 28.8 Å². The van der Waals surface area contributed by atoms with E-state index in [2.05, 4.69) is 16.0 Å². The van der Waals surface area contributed by atoms with Crippen LogP contribution in [0, 0.1) is 22.6 Å². The number of halogens is 1. The number of hydrogen-bond donors (Lipinski definition) is 1. The first-order valence-corrected chi connectivity index (χ1v) is 8.43. The van der Waals surface area contributed by atoms with E-state index in [0.29, 0.717) is 28.2 Å². The summed E-state index contributed by atoms with van der Waals surface area (Å²) in [6.07, 6.45) is 1.90. The van der Waals surface area contributed by atoms with Crippen molar-refractivity contribution in [3.63, 3.8) is 0 Å². The second-order valence-corrected chi connectivity index (χ2v) is 5.91. The zero-order valence-electron chi connectivity index (χ0n) is 14.6. The molecule has 0 aliphatic rings. The summed E-state index contributed by atoms with van der Waals surface area (Å²) in [6.45, 7) is 0.178. The Bertz CT molecular complexity index is 1000. The zero-order chi connectivity index (χ0) is 19.1. The molecule has 2 aromatic carbocycles. The van der Waals surface area contributed by atoms with Crippen molar-refractivity contribution in [1.29, 1.82) is 10.7 Å². The number of hydrogen-bond acceptors (Lipinski definition) is 4. The minimum Gasteiger partial charge on any atom is -0.303 e. The van der Waals surface area contributed by atoms with E-state index in [9.17, 15) is 4.39 Å². The number of nitrogens with zero attached hydrogens (tertiary/aromatic N) is 3. The average molecular weight is 356 g/mol. The maximum atomic E-state index is 13.9. The van der Waals surface area contributed by atoms with Gasteiger partial charge in [0.05, 0.1) is 29.6 Å². The molecule has 3 rings (SSSR count). The largest absolute Gasteiger partial charge is 0.303 e. The third-order valence-electron chi connectivity index (χ3n) is 4.06. The maximum Gasteiger partial charge on any atom is 0.128 e. The standard InChI is InChI=1S/C22H17FN4/c23-19-6-2-1-5-18(19)15-27-22(17-10-8-16(14-24)9-11-17)13-20(25)21-7-3-4-12-26-21/h1-12,25H,13,15H2. The van der Waals surface area contributed by atoms with E-state index in [0.717, 1.165) is 5.56 Å². The van der Waals surface area contributed by atoms with Crippen molar-refractivity contribution in [2.24, 2.45) is 4.99 Å². The SMILES string of the molecule is N#Cc1ccc(C(CC(=N)c2ccccn2)=NCc2ccccc2F)cc1. The van der Waals surface area contributed by atoms with Crippen LogP contribution in [0.15, 0.2) is 77.9 Å². The van der Waals surface area contributed by atoms with Crippen LogP contribution in [-0.4, -0.2) is 16.4 Å². The first-order valence-electron chi connectivity index (χ1n) is 8.43. The van der Waals surface area contributed by atoms with Crippen molar-refractivity contribution in [2.45, 2.75) is 13.0 Å². The molecule has 0 atom stereocenters. The highest BCUT2D eigenvalue weighted by molar-refractivity contribution is 6.16. The van der Waals surface area contributed by atoms with Gasteiger partial charge in [-0.05, 0) is 35.9 Å². The molecule has 0 bridgehead atoms. The monoisotopic (exact) mass is 356 g/mol. The van der Waals surface area contributed by atoms with Crippen LogP contribution in [0.3, 0.4) is 0 Å². The number of pyridine rings is 1. The van der Waals surface area contributed by atoms with Gasteiger partial charge < -0.3 is 5.41 Å². The van der Waals surface area contributed by atoms with Gasteiger partial charge in [0.25, 0.3) is 0 Å². The van der Waals surface area contributed by atoms with Gasteiger partial charge in [-0.3, -0.25) is 9.98 Å². The predicted octanol–water partition coefficient (Wildman–Crippen LogP) is 4.54. The van der Waals surface area contributed by atoms with E-state index in [1.165, 1.54) is 6.07 Å². The third-order valence-corrected chi connectivity index (χ3v) is 4.06. The van der Waals surface area contributed by atoms with Gasteiger partial charge in [-0.15, -0.1) is 0 Å². The van der Waals surface area contributed by atoms with Crippen LogP contribution in [0.5, 0.6) is 0 Å². The van der Waals surface area contributed by atoms with Gasteiger partial charge in [-0.25, -0.2) is 4.39 Å². The quantitative estimate of drug-likeness (QED) is 0.659. The highest BCUT2D eigenvalue weighted by Gasteiger charge is 2.11. The molecule has 0 aliphatic heterocycles. The Labute approximate surface area is 157 Å². The highest BCUT2D eigenvalue weighted by Crippen LogP contribution is 2.13. The molecule has 0 unspecified atom stereocenters. The number of rotatable bonds is 6. The molecule has 1 heterocycles. The summed E-state index contributed by atoms with van der Waals surface area (Å²) >= 11 is 0. The Hall–Kier alpha value is -3.65. The Morgan fingerprint density at radius 2 is 1.78 bits per heavy atom. The maximum absolute atomic E-state index is 13.9. The molecule has 27 heavy (non-hydrogen) atoms. The molecule has 0 saturated carbocycles. The number of benzene rings is 2. The lowest BCUT2D eigenvalue weighted by Crippen LogP contribution is -2.12. The van der Waals surface area contributed by atoms with Gasteiger partial charge >= 0.3 is 0 Å². The van der Waals surface area contributed by atoms with Gasteiger partial charge in [0.15, 0.2) is 0 Å². The fraction of sp³-hybridized carbons (Fsp3) is 0.0909. The topological polar surface area (TPSA) is 72.9 Å². The number of nitrogens with one attached hydrogen (secondary N) is 1. The number of nitriles is 1. The first-order chi connectivity index (χ1) is 13.2. The number of aliphatic imine (C=N–C) groups is 1. The van der Waals surface area contributed by atoms with Crippen molar-refractivity contribution in [2.75, 3.05) is 0 Å². The van der Waals surface area contributed by atoms with E-state index < -0.39 is 0 Å². The first kappa shape index (κ1) is 18.2. The molecule has 132 valence electrons. The lowest BCUT2D eigenvalue weighted by atomic mass is 10.0. The molecular weight excluding hydrogens is 339 g/mol. The fourth-order valence-corrected chi connectivity index (χ4v) is 2.59. The minimum atomic E-state index is -0.305. The second-order valence-electron chi connectivity index (χ2n) is 5.91. The van der Waals surface area contributed by atoms with Crippen molar-refractivity contribution in [3.8, 4) is 6.07 Å². The Balaban J connectivity index is 1.90. The molecule has 0 aliphatic carbocycles. The Morgan fingerprint density at radius 1 is 1.04 bits per heavy atom. The van der Waals surface area contributed by atoms with Gasteiger partial charge in [0.2, 0.25) is 0 Å². The highest BCUT2D eigenvalue weighted by atomic mass is 19.1. The van der Waals surface area contributed by atoms with E-state index >= 15 is 0 Å². The third kappa shape index (κ3) is 4.71. The second kappa shape index (κ2) is 8.63. The molecule has 0 spiro atoms. The summed E-state index contributed by atoms with van der Waals surface area (Å²) in [5, 5.41) is 17.3. The minimum absolute atomic E-state index is 0.178. The summed E-state index contributed by atoms with van der Waals surface area (Å²) in [7, 11) is 0. The fourth-order valence-electron chi connectivity index (χ4n) is 2.59. The Kier molecular flexibility index (Phi) is 5.80. The summed E-state index contributed by atoms with van der Waals surface area (Å²) in [5.74, 6) is -0.305. The molecule has 4 nitrogen and oxygen atoms in total. The lowest BCUT2D eigenvalue weighted by Gasteiger charge is -2.09. The van der Waals surface area contributed by atoms with Crippen LogP contribution in [0.4, 0.5) is 4.39 Å². The molecule has 1 aromatic heterocycles. The van der Waals surface area contributed by atoms with Crippen molar-refractivity contribution >= 4 is 11.4 Å². The molecule has 0 saturated heterocycles. The zero-order valence-corrected chi connectivity index (χ0v) is 14.6. The van der Waals surface area contributed by atoms with Crippen molar-refractivity contribution < 1.29 is 4.39 Å². The van der Waals surface area contributed by atoms with E-state index in [1.54, 1.807) is 60.8 Å². The summed E-state index contributed by atoms with van der Waals surface area (Å²) in [6, 6.07) is 21.0. The molecule has 3 aromatic rings. The molecular formula is C22H17FN4. The number of aromatic nitrogens is 1. The molecule has 0 amide bonds. The lowest BCUT2D eigenvalue weighted by molar-refractivity contribution is 0.611. The van der Waals surface area contributed by atoms with Gasteiger partial charge in [0.1, 0.15) is 5.82 Å². The van der Waals surface area contributed by atoms with E-state index in [4.69, 9.17) is 10.7 Å². The molecule has 0 radical (unpaired) electrons. The van der Waals surface area contributed by atoms with E-state index in [-0.39, 0.29) is 18.8 Å². The summed E-state index contributed by atoms with van der Waals surface area (Å²) in [5.41, 5.74) is 3.39. The summed E-state index contributed by atoms with van der Waals surface area (Å²) in [4.78, 5) is 8.77. The van der Waals surface area contributed by atoms with Crippen LogP contribution < -0.4 is 0 Å².